The zero-order chi connectivity index (χ0) is 18.0. The van der Waals surface area contributed by atoms with E-state index in [1.165, 1.54) is 6.07 Å². The van der Waals surface area contributed by atoms with Crippen molar-refractivity contribution in [3.8, 4) is 0 Å². The molecule has 1 amide bonds. The molecule has 8 nitrogen and oxygen atoms in total. The van der Waals surface area contributed by atoms with Gasteiger partial charge in [-0.05, 0) is 26.0 Å². The second-order valence-corrected chi connectivity index (χ2v) is 7.92. The summed E-state index contributed by atoms with van der Waals surface area (Å²) < 4.78 is 28.4. The van der Waals surface area contributed by atoms with Crippen molar-refractivity contribution in [3.05, 3.63) is 36.0 Å². The molecule has 1 aromatic heterocycles. The van der Waals surface area contributed by atoms with Crippen LogP contribution in [-0.2, 0) is 20.2 Å². The molecular weight excluding hydrogens is 332 g/mol. The fraction of sp³-hybridized carbons (Fsp3) is 0.400. The normalized spacial score (nSPS) is 12.2. The molecule has 2 N–H and O–H groups in total. The first kappa shape index (κ1) is 18.1. The third kappa shape index (κ3) is 4.39. The van der Waals surface area contributed by atoms with Crippen LogP contribution in [0.2, 0.25) is 0 Å². The van der Waals surface area contributed by atoms with Crippen molar-refractivity contribution in [1.82, 2.24) is 15.5 Å². The number of nitrogens with one attached hydrogen (secondary N) is 2. The number of amides is 1. The van der Waals surface area contributed by atoms with Gasteiger partial charge < -0.3 is 9.84 Å². The number of hydrogen-bond donors (Lipinski definition) is 2. The number of para-hydroxylation sites is 1. The molecule has 9 heteroatoms. The minimum atomic E-state index is -3.43. The first-order valence-electron chi connectivity index (χ1n) is 7.24. The molecule has 0 unspecified atom stereocenters. The number of nitrogens with zero attached hydrogens (tertiary/aromatic N) is 2. The van der Waals surface area contributed by atoms with E-state index >= 15 is 0 Å². The van der Waals surface area contributed by atoms with Gasteiger partial charge in [0.1, 0.15) is 0 Å². The molecule has 130 valence electrons. The number of hydrogen-bond acceptors (Lipinski definition) is 7. The lowest BCUT2D eigenvalue weighted by atomic mass is 10.1. The zero-order valence-corrected chi connectivity index (χ0v) is 14.8. The molecule has 0 bridgehead atoms. The van der Waals surface area contributed by atoms with Gasteiger partial charge in [-0.25, -0.2) is 8.42 Å². The van der Waals surface area contributed by atoms with Gasteiger partial charge in [0.25, 0.3) is 0 Å². The van der Waals surface area contributed by atoms with Gasteiger partial charge in [0.2, 0.25) is 11.8 Å². The van der Waals surface area contributed by atoms with E-state index < -0.39 is 15.4 Å². The first-order valence-corrected chi connectivity index (χ1v) is 9.13. The predicted octanol–water partition coefficient (Wildman–Crippen LogP) is 1.24. The van der Waals surface area contributed by atoms with Crippen LogP contribution in [0, 0.1) is 6.92 Å². The van der Waals surface area contributed by atoms with Crippen molar-refractivity contribution in [3.63, 3.8) is 0 Å². The molecule has 0 fully saturated rings. The van der Waals surface area contributed by atoms with Crippen LogP contribution in [0.1, 0.15) is 25.6 Å². The summed E-state index contributed by atoms with van der Waals surface area (Å²) >= 11 is 0. The van der Waals surface area contributed by atoms with Gasteiger partial charge in [0.15, 0.2) is 15.7 Å². The number of carbonyl (C=O) groups is 1. The molecule has 1 aromatic carbocycles. The van der Waals surface area contributed by atoms with E-state index in [-0.39, 0.29) is 23.0 Å². The molecule has 0 atom stereocenters. The molecule has 0 aliphatic carbocycles. The third-order valence-corrected chi connectivity index (χ3v) is 4.49. The zero-order valence-electron chi connectivity index (χ0n) is 14.0. The van der Waals surface area contributed by atoms with Crippen molar-refractivity contribution in [2.45, 2.75) is 31.2 Å². The van der Waals surface area contributed by atoms with Crippen LogP contribution in [0.15, 0.2) is 33.7 Å². The lowest BCUT2D eigenvalue weighted by Crippen LogP contribution is -2.42. The van der Waals surface area contributed by atoms with E-state index in [1.807, 2.05) is 13.8 Å². The Morgan fingerprint density at radius 1 is 1.29 bits per heavy atom. The molecule has 2 rings (SSSR count). The second kappa shape index (κ2) is 6.70. The van der Waals surface area contributed by atoms with Gasteiger partial charge in [0, 0.05) is 13.2 Å². The Labute approximate surface area is 140 Å². The predicted molar refractivity (Wildman–Crippen MR) is 88.2 cm³/mol. The van der Waals surface area contributed by atoms with Crippen molar-refractivity contribution in [1.29, 1.82) is 0 Å². The SMILES string of the molecule is Cc1nc(C(C)(C)NCC(=O)Nc2ccccc2S(C)(=O)=O)no1. The van der Waals surface area contributed by atoms with Gasteiger partial charge in [-0.3, -0.25) is 10.1 Å². The highest BCUT2D eigenvalue weighted by atomic mass is 32.2. The summed E-state index contributed by atoms with van der Waals surface area (Å²) in [5.74, 6) is 0.495. The van der Waals surface area contributed by atoms with Gasteiger partial charge in [-0.2, -0.15) is 4.98 Å². The molecule has 0 radical (unpaired) electrons. The average Bonchev–Trinajstić information content (AvgIpc) is 2.92. The minimum Gasteiger partial charge on any atom is -0.340 e. The van der Waals surface area contributed by atoms with Crippen molar-refractivity contribution in [2.75, 3.05) is 18.1 Å². The van der Waals surface area contributed by atoms with Crippen LogP contribution >= 0.6 is 0 Å². The van der Waals surface area contributed by atoms with Crippen LogP contribution in [0.4, 0.5) is 5.69 Å². The molecule has 0 saturated carbocycles. The minimum absolute atomic E-state index is 0.0430. The number of rotatable bonds is 6. The molecule has 2 aromatic rings. The van der Waals surface area contributed by atoms with Crippen LogP contribution in [-0.4, -0.2) is 37.3 Å². The Morgan fingerprint density at radius 2 is 1.96 bits per heavy atom. The summed E-state index contributed by atoms with van der Waals surface area (Å²) in [4.78, 5) is 16.4. The quantitative estimate of drug-likeness (QED) is 0.804. The summed E-state index contributed by atoms with van der Waals surface area (Å²) in [6.07, 6.45) is 1.10. The molecule has 0 aliphatic rings. The van der Waals surface area contributed by atoms with Gasteiger partial charge in [-0.1, -0.05) is 17.3 Å². The van der Waals surface area contributed by atoms with Gasteiger partial charge in [0.05, 0.1) is 22.7 Å². The number of anilines is 1. The standard InChI is InChI=1S/C15H20N4O4S/c1-10-17-14(19-23-10)15(2,3)16-9-13(20)18-11-7-5-6-8-12(11)24(4,21)22/h5-8,16H,9H2,1-4H3,(H,18,20). The first-order chi connectivity index (χ1) is 11.1. The Balaban J connectivity index is 2.05. The summed E-state index contributed by atoms with van der Waals surface area (Å²) in [6.45, 7) is 5.27. The highest BCUT2D eigenvalue weighted by Crippen LogP contribution is 2.20. The van der Waals surface area contributed by atoms with Crippen molar-refractivity contribution in [2.24, 2.45) is 0 Å². The maximum atomic E-state index is 12.1. The van der Waals surface area contributed by atoms with Crippen molar-refractivity contribution < 1.29 is 17.7 Å². The van der Waals surface area contributed by atoms with E-state index in [9.17, 15) is 13.2 Å². The average molecular weight is 352 g/mol. The van der Waals surface area contributed by atoms with Crippen LogP contribution in [0.25, 0.3) is 0 Å². The largest absolute Gasteiger partial charge is 0.340 e. The highest BCUT2D eigenvalue weighted by Gasteiger charge is 2.26. The Bertz CT molecular complexity index is 843. The monoisotopic (exact) mass is 352 g/mol. The third-order valence-electron chi connectivity index (χ3n) is 3.34. The topological polar surface area (TPSA) is 114 Å². The van der Waals surface area contributed by atoms with Crippen molar-refractivity contribution >= 4 is 21.4 Å². The second-order valence-electron chi connectivity index (χ2n) is 5.93. The van der Waals surface area contributed by atoms with E-state index in [4.69, 9.17) is 4.52 Å². The van der Waals surface area contributed by atoms with Gasteiger partial charge in [-0.15, -0.1) is 0 Å². The highest BCUT2D eigenvalue weighted by molar-refractivity contribution is 7.90. The van der Waals surface area contributed by atoms with E-state index in [0.717, 1.165) is 6.26 Å². The number of carbonyl (C=O) groups excluding carboxylic acids is 1. The summed E-state index contributed by atoms with van der Waals surface area (Å²) in [6, 6.07) is 6.25. The Morgan fingerprint density at radius 3 is 2.54 bits per heavy atom. The summed E-state index contributed by atoms with van der Waals surface area (Å²) in [5, 5.41) is 9.46. The number of sulfone groups is 1. The lowest BCUT2D eigenvalue weighted by molar-refractivity contribution is -0.115. The van der Waals surface area contributed by atoms with E-state index in [1.54, 1.807) is 25.1 Å². The maximum absolute atomic E-state index is 12.1. The molecule has 1 heterocycles. The number of aryl methyl sites for hydroxylation is 1. The molecule has 0 spiro atoms. The number of benzene rings is 1. The molecule has 0 aliphatic heterocycles. The Kier molecular flexibility index (Phi) is 5.05. The Hall–Kier alpha value is -2.26. The fourth-order valence-corrected chi connectivity index (χ4v) is 2.87. The summed E-state index contributed by atoms with van der Waals surface area (Å²) in [7, 11) is -3.43. The van der Waals surface area contributed by atoms with E-state index in [0.29, 0.717) is 11.7 Å². The van der Waals surface area contributed by atoms with Gasteiger partial charge >= 0.3 is 0 Å². The molecule has 24 heavy (non-hydrogen) atoms. The van der Waals surface area contributed by atoms with Crippen LogP contribution < -0.4 is 10.6 Å². The smallest absolute Gasteiger partial charge is 0.238 e. The van der Waals surface area contributed by atoms with Crippen LogP contribution in [0.5, 0.6) is 0 Å². The van der Waals surface area contributed by atoms with E-state index in [2.05, 4.69) is 20.8 Å². The molecule has 0 saturated heterocycles. The fourth-order valence-electron chi connectivity index (χ4n) is 2.02. The summed E-state index contributed by atoms with van der Waals surface area (Å²) in [5.41, 5.74) is -0.425. The van der Waals surface area contributed by atoms with Crippen LogP contribution in [0.3, 0.4) is 0 Å². The number of aromatic nitrogens is 2. The molecular formula is C15H20N4O4S. The lowest BCUT2D eigenvalue weighted by Gasteiger charge is -2.22. The maximum Gasteiger partial charge on any atom is 0.238 e.